The third-order valence-corrected chi connectivity index (χ3v) is 3.29. The van der Waals surface area contributed by atoms with Crippen LogP contribution in [0.2, 0.25) is 0 Å². The van der Waals surface area contributed by atoms with Crippen molar-refractivity contribution in [2.24, 2.45) is 5.92 Å². The summed E-state index contributed by atoms with van der Waals surface area (Å²) in [7, 11) is -4.47. The van der Waals surface area contributed by atoms with Gasteiger partial charge in [0.15, 0.2) is 0 Å². The van der Waals surface area contributed by atoms with E-state index in [1.54, 1.807) is 32.9 Å². The maximum Gasteiger partial charge on any atom is 0.469 e. The molecule has 9 heteroatoms. The van der Waals surface area contributed by atoms with Gasteiger partial charge in [0.25, 0.3) is 5.56 Å². The van der Waals surface area contributed by atoms with Gasteiger partial charge < -0.3 is 9.79 Å². The summed E-state index contributed by atoms with van der Waals surface area (Å²) >= 11 is 0. The average Bonchev–Trinajstić information content (AvgIpc) is 2.37. The Morgan fingerprint density at radius 3 is 2.57 bits per heavy atom. The molecule has 0 saturated heterocycles. The molecular weight excluding hydrogens is 299 g/mol. The molecule has 1 aromatic rings. The number of allylic oxidation sites excluding steroid dienone is 1. The Kier molecular flexibility index (Phi) is 5.86. The van der Waals surface area contributed by atoms with Crippen LogP contribution in [0.25, 0.3) is 0 Å². The standard InChI is InChI=1S/C12H19N2O6P/c1-8(7-20-21(17,18)19)4-5-10(3)14-6-9(2)11(15)13-12(14)16/h4-6,8,10H,7H2,1-3H3,(H,13,15,16)(H2,17,18,19)/b5-4-/t8-,10+/m0/s1. The number of nitrogens with one attached hydrogen (secondary N) is 1. The molecule has 2 atom stereocenters. The highest BCUT2D eigenvalue weighted by atomic mass is 31.2. The SMILES string of the molecule is Cc1cn([C@H](C)/C=C\[C@H](C)COP(=O)(O)O)c(=O)[nH]c1=O. The van der Waals surface area contributed by atoms with Gasteiger partial charge in [0.2, 0.25) is 0 Å². The topological polar surface area (TPSA) is 122 Å². The summed E-state index contributed by atoms with van der Waals surface area (Å²) in [4.78, 5) is 42.4. The average molecular weight is 318 g/mol. The highest BCUT2D eigenvalue weighted by Gasteiger charge is 2.15. The fourth-order valence-electron chi connectivity index (χ4n) is 1.60. The molecule has 0 aliphatic rings. The molecule has 0 aliphatic carbocycles. The van der Waals surface area contributed by atoms with E-state index >= 15 is 0 Å². The van der Waals surface area contributed by atoms with Gasteiger partial charge in [0.05, 0.1) is 12.6 Å². The van der Waals surface area contributed by atoms with Crippen molar-refractivity contribution in [2.75, 3.05) is 6.61 Å². The number of H-pyrrole nitrogens is 1. The Morgan fingerprint density at radius 1 is 1.38 bits per heavy atom. The second kappa shape index (κ2) is 7.00. The van der Waals surface area contributed by atoms with Gasteiger partial charge in [-0.05, 0) is 19.8 Å². The summed E-state index contributed by atoms with van der Waals surface area (Å²) in [5.74, 6) is -0.236. The van der Waals surface area contributed by atoms with E-state index in [4.69, 9.17) is 9.79 Å². The highest BCUT2D eigenvalue weighted by molar-refractivity contribution is 7.46. The zero-order chi connectivity index (χ0) is 16.2. The number of hydrogen-bond acceptors (Lipinski definition) is 4. The van der Waals surface area contributed by atoms with Gasteiger partial charge in [-0.25, -0.2) is 9.36 Å². The molecule has 0 saturated carbocycles. The number of hydrogen-bond donors (Lipinski definition) is 3. The summed E-state index contributed by atoms with van der Waals surface area (Å²) in [6, 6.07) is -0.314. The summed E-state index contributed by atoms with van der Waals surface area (Å²) in [6.07, 6.45) is 4.85. The molecular formula is C12H19N2O6P. The largest absolute Gasteiger partial charge is 0.469 e. The van der Waals surface area contributed by atoms with Crippen LogP contribution in [0.4, 0.5) is 0 Å². The highest BCUT2D eigenvalue weighted by Crippen LogP contribution is 2.36. The second-order valence-corrected chi connectivity index (χ2v) is 6.11. The summed E-state index contributed by atoms with van der Waals surface area (Å²) < 4.78 is 16.3. The minimum atomic E-state index is -4.47. The van der Waals surface area contributed by atoms with Crippen molar-refractivity contribution in [3.63, 3.8) is 0 Å². The number of rotatable bonds is 6. The lowest BCUT2D eigenvalue weighted by Crippen LogP contribution is -2.32. The number of phosphoric ester groups is 1. The van der Waals surface area contributed by atoms with E-state index in [2.05, 4.69) is 9.51 Å². The Morgan fingerprint density at radius 2 is 2.00 bits per heavy atom. The number of nitrogens with zero attached hydrogens (tertiary/aromatic N) is 1. The lowest BCUT2D eigenvalue weighted by atomic mass is 10.1. The third kappa shape index (κ3) is 5.81. The molecule has 0 amide bonds. The van der Waals surface area contributed by atoms with Gasteiger partial charge >= 0.3 is 13.5 Å². The van der Waals surface area contributed by atoms with E-state index in [9.17, 15) is 14.2 Å². The number of aromatic nitrogens is 2. The first-order valence-electron chi connectivity index (χ1n) is 6.30. The van der Waals surface area contributed by atoms with E-state index in [1.807, 2.05) is 0 Å². The lowest BCUT2D eigenvalue weighted by Gasteiger charge is -2.13. The second-order valence-electron chi connectivity index (χ2n) is 4.87. The predicted octanol–water partition coefficient (Wildman–Crippen LogP) is 0.708. The molecule has 3 N–H and O–H groups in total. The van der Waals surface area contributed by atoms with E-state index in [-0.39, 0.29) is 18.6 Å². The van der Waals surface area contributed by atoms with Crippen molar-refractivity contribution in [3.8, 4) is 0 Å². The molecule has 0 fully saturated rings. The fourth-order valence-corrected chi connectivity index (χ4v) is 2.03. The Labute approximate surface area is 121 Å². The van der Waals surface area contributed by atoms with Crippen LogP contribution in [-0.2, 0) is 9.09 Å². The van der Waals surface area contributed by atoms with Gasteiger partial charge in [-0.15, -0.1) is 0 Å². The molecule has 0 aliphatic heterocycles. The molecule has 0 aromatic carbocycles. The quantitative estimate of drug-likeness (QED) is 0.524. The van der Waals surface area contributed by atoms with Gasteiger partial charge in [-0.3, -0.25) is 18.9 Å². The molecule has 21 heavy (non-hydrogen) atoms. The van der Waals surface area contributed by atoms with E-state index in [1.165, 1.54) is 10.8 Å². The first-order chi connectivity index (χ1) is 9.60. The van der Waals surface area contributed by atoms with Crippen LogP contribution in [0.3, 0.4) is 0 Å². The smallest absolute Gasteiger partial charge is 0.303 e. The number of aromatic amines is 1. The molecule has 0 bridgehead atoms. The van der Waals surface area contributed by atoms with Crippen LogP contribution in [0.5, 0.6) is 0 Å². The maximum atomic E-state index is 11.7. The molecule has 1 aromatic heterocycles. The summed E-state index contributed by atoms with van der Waals surface area (Å²) in [5.41, 5.74) is -0.509. The molecule has 0 spiro atoms. The van der Waals surface area contributed by atoms with Crippen molar-refractivity contribution in [3.05, 3.63) is 44.8 Å². The number of aryl methyl sites for hydroxylation is 1. The van der Waals surface area contributed by atoms with Crippen molar-refractivity contribution in [1.82, 2.24) is 9.55 Å². The van der Waals surface area contributed by atoms with Crippen LogP contribution in [0.15, 0.2) is 27.9 Å². The normalized spacial score (nSPS) is 15.3. The first-order valence-corrected chi connectivity index (χ1v) is 7.83. The summed E-state index contributed by atoms with van der Waals surface area (Å²) in [6.45, 7) is 4.95. The predicted molar refractivity (Wildman–Crippen MR) is 77.1 cm³/mol. The number of phosphoric acid groups is 1. The first kappa shape index (κ1) is 17.6. The maximum absolute atomic E-state index is 11.7. The van der Waals surface area contributed by atoms with E-state index < -0.39 is 19.1 Å². The zero-order valence-electron chi connectivity index (χ0n) is 12.0. The van der Waals surface area contributed by atoms with Crippen molar-refractivity contribution < 1.29 is 18.9 Å². The zero-order valence-corrected chi connectivity index (χ0v) is 12.9. The molecule has 0 radical (unpaired) electrons. The van der Waals surface area contributed by atoms with Crippen molar-refractivity contribution >= 4 is 7.82 Å². The lowest BCUT2D eigenvalue weighted by molar-refractivity contribution is 0.183. The molecule has 118 valence electrons. The molecule has 1 heterocycles. The van der Waals surface area contributed by atoms with Crippen LogP contribution in [0, 0.1) is 12.8 Å². The van der Waals surface area contributed by atoms with Crippen LogP contribution >= 0.6 is 7.82 Å². The molecule has 0 unspecified atom stereocenters. The fraction of sp³-hybridized carbons (Fsp3) is 0.500. The van der Waals surface area contributed by atoms with Crippen LogP contribution < -0.4 is 11.2 Å². The van der Waals surface area contributed by atoms with Crippen molar-refractivity contribution in [2.45, 2.75) is 26.8 Å². The van der Waals surface area contributed by atoms with Gasteiger partial charge in [-0.1, -0.05) is 19.1 Å². The molecule has 1 rings (SSSR count). The van der Waals surface area contributed by atoms with Crippen LogP contribution in [-0.4, -0.2) is 25.9 Å². The van der Waals surface area contributed by atoms with E-state index in [0.29, 0.717) is 5.56 Å². The minimum Gasteiger partial charge on any atom is -0.303 e. The van der Waals surface area contributed by atoms with Crippen molar-refractivity contribution in [1.29, 1.82) is 0 Å². The summed E-state index contributed by atoms with van der Waals surface area (Å²) in [5, 5.41) is 0. The Balaban J connectivity index is 2.77. The Hall–Kier alpha value is -1.47. The van der Waals surface area contributed by atoms with E-state index in [0.717, 1.165) is 0 Å². The minimum absolute atomic E-state index is 0.132. The van der Waals surface area contributed by atoms with Gasteiger partial charge in [0.1, 0.15) is 0 Å². The van der Waals surface area contributed by atoms with Gasteiger partial charge in [-0.2, -0.15) is 0 Å². The van der Waals surface area contributed by atoms with Crippen LogP contribution in [0.1, 0.15) is 25.5 Å². The van der Waals surface area contributed by atoms with Gasteiger partial charge in [0, 0.05) is 11.8 Å². The third-order valence-electron chi connectivity index (χ3n) is 2.81. The molecule has 8 nitrogen and oxygen atoms in total. The Bertz CT molecular complexity index is 671. The monoisotopic (exact) mass is 318 g/mol.